The summed E-state index contributed by atoms with van der Waals surface area (Å²) >= 11 is 1.98. The molecule has 0 spiro atoms. The summed E-state index contributed by atoms with van der Waals surface area (Å²) in [5.74, 6) is 3.24. The molecule has 0 aromatic carbocycles. The monoisotopic (exact) mass is 331 g/mol. The first-order valence-electron chi connectivity index (χ1n) is 8.21. The Kier molecular flexibility index (Phi) is 3.88. The van der Waals surface area contributed by atoms with Crippen molar-refractivity contribution < 1.29 is 4.79 Å². The van der Waals surface area contributed by atoms with Crippen molar-refractivity contribution in [1.29, 1.82) is 0 Å². The number of nitrogens with zero attached hydrogens (tertiary/aromatic N) is 5. The standard InChI is InChI=1S/C16H21N5OS/c1-12-11-21-14(15(17-12)19-6-8-23-9-7-19)10-13(18-21)16(22)20-4-2-3-5-20/h10-11H,2-9H2,1H3. The topological polar surface area (TPSA) is 53.7 Å². The van der Waals surface area contributed by atoms with E-state index in [0.717, 1.165) is 67.6 Å². The molecule has 6 nitrogen and oxygen atoms in total. The van der Waals surface area contributed by atoms with Crippen molar-refractivity contribution in [3.8, 4) is 0 Å². The Morgan fingerprint density at radius 3 is 2.65 bits per heavy atom. The predicted molar refractivity (Wildman–Crippen MR) is 92.4 cm³/mol. The summed E-state index contributed by atoms with van der Waals surface area (Å²) in [7, 11) is 0. The predicted octanol–water partition coefficient (Wildman–Crippen LogP) is 1.83. The van der Waals surface area contributed by atoms with Crippen LogP contribution in [0.2, 0.25) is 0 Å². The molecular formula is C16H21N5OS. The van der Waals surface area contributed by atoms with E-state index in [2.05, 4.69) is 10.00 Å². The van der Waals surface area contributed by atoms with E-state index in [1.807, 2.05) is 40.4 Å². The SMILES string of the molecule is Cc1cn2nc(C(=O)N3CCCC3)cc2c(N2CCSCC2)n1. The molecule has 122 valence electrons. The van der Waals surface area contributed by atoms with E-state index in [1.54, 1.807) is 0 Å². The van der Waals surface area contributed by atoms with Crippen LogP contribution in [0, 0.1) is 6.92 Å². The van der Waals surface area contributed by atoms with Crippen molar-refractivity contribution in [3.63, 3.8) is 0 Å². The number of hydrogen-bond acceptors (Lipinski definition) is 5. The molecule has 4 rings (SSSR count). The molecule has 2 aliphatic heterocycles. The molecule has 0 saturated carbocycles. The minimum absolute atomic E-state index is 0.0454. The summed E-state index contributed by atoms with van der Waals surface area (Å²) in [4.78, 5) is 21.5. The van der Waals surface area contributed by atoms with Crippen LogP contribution in [0.3, 0.4) is 0 Å². The van der Waals surface area contributed by atoms with Gasteiger partial charge in [0, 0.05) is 43.8 Å². The maximum absolute atomic E-state index is 12.6. The number of anilines is 1. The first kappa shape index (κ1) is 14.8. The molecule has 1 amide bonds. The van der Waals surface area contributed by atoms with Gasteiger partial charge in [-0.25, -0.2) is 9.50 Å². The van der Waals surface area contributed by atoms with Crippen LogP contribution in [0.5, 0.6) is 0 Å². The van der Waals surface area contributed by atoms with Gasteiger partial charge in [0.2, 0.25) is 0 Å². The van der Waals surface area contributed by atoms with Crippen LogP contribution >= 0.6 is 11.8 Å². The lowest BCUT2D eigenvalue weighted by Crippen LogP contribution is -2.33. The summed E-state index contributed by atoms with van der Waals surface area (Å²) in [6.07, 6.45) is 4.09. The minimum Gasteiger partial charge on any atom is -0.353 e. The lowest BCUT2D eigenvalue weighted by atomic mass is 10.3. The Bertz CT molecular complexity index is 731. The highest BCUT2D eigenvalue weighted by molar-refractivity contribution is 7.99. The van der Waals surface area contributed by atoms with Crippen molar-refractivity contribution >= 4 is 29.0 Å². The molecule has 0 bridgehead atoms. The summed E-state index contributed by atoms with van der Waals surface area (Å²) in [6, 6.07) is 1.91. The molecule has 2 saturated heterocycles. The molecule has 2 aliphatic rings. The van der Waals surface area contributed by atoms with E-state index in [1.165, 1.54) is 0 Å². The second-order valence-electron chi connectivity index (χ2n) is 6.16. The average molecular weight is 331 g/mol. The van der Waals surface area contributed by atoms with Crippen LogP contribution in [0.15, 0.2) is 12.3 Å². The summed E-state index contributed by atoms with van der Waals surface area (Å²) in [5, 5.41) is 4.53. The van der Waals surface area contributed by atoms with Crippen LogP contribution in [0.25, 0.3) is 5.52 Å². The zero-order chi connectivity index (χ0) is 15.8. The second kappa shape index (κ2) is 6.03. The van der Waals surface area contributed by atoms with E-state index in [0.29, 0.717) is 5.69 Å². The van der Waals surface area contributed by atoms with Crippen LogP contribution < -0.4 is 4.90 Å². The van der Waals surface area contributed by atoms with E-state index in [-0.39, 0.29) is 5.91 Å². The van der Waals surface area contributed by atoms with Crippen LogP contribution in [-0.2, 0) is 0 Å². The highest BCUT2D eigenvalue weighted by Gasteiger charge is 2.24. The lowest BCUT2D eigenvalue weighted by molar-refractivity contribution is 0.0786. The second-order valence-corrected chi connectivity index (χ2v) is 7.39. The molecule has 2 fully saturated rings. The van der Waals surface area contributed by atoms with Crippen LogP contribution in [-0.4, -0.2) is 63.1 Å². The molecule has 23 heavy (non-hydrogen) atoms. The minimum atomic E-state index is 0.0454. The van der Waals surface area contributed by atoms with Gasteiger partial charge < -0.3 is 9.80 Å². The third-order valence-electron chi connectivity index (χ3n) is 4.48. The number of carbonyl (C=O) groups is 1. The van der Waals surface area contributed by atoms with E-state index < -0.39 is 0 Å². The van der Waals surface area contributed by atoms with Crippen molar-refractivity contribution in [3.05, 3.63) is 23.7 Å². The largest absolute Gasteiger partial charge is 0.353 e. The Morgan fingerprint density at radius 1 is 1.17 bits per heavy atom. The fourth-order valence-corrected chi connectivity index (χ4v) is 4.19. The van der Waals surface area contributed by atoms with Gasteiger partial charge in [-0.1, -0.05) is 0 Å². The number of aromatic nitrogens is 3. The van der Waals surface area contributed by atoms with Gasteiger partial charge in [-0.15, -0.1) is 0 Å². The van der Waals surface area contributed by atoms with Crippen LogP contribution in [0.4, 0.5) is 5.82 Å². The van der Waals surface area contributed by atoms with E-state index in [9.17, 15) is 4.79 Å². The maximum atomic E-state index is 12.6. The number of fused-ring (bicyclic) bond motifs is 1. The highest BCUT2D eigenvalue weighted by atomic mass is 32.2. The first-order valence-corrected chi connectivity index (χ1v) is 9.37. The molecule has 4 heterocycles. The zero-order valence-corrected chi connectivity index (χ0v) is 14.2. The van der Waals surface area contributed by atoms with Gasteiger partial charge in [-0.3, -0.25) is 4.79 Å². The number of amides is 1. The lowest BCUT2D eigenvalue weighted by Gasteiger charge is -2.28. The van der Waals surface area contributed by atoms with Gasteiger partial charge >= 0.3 is 0 Å². The number of carbonyl (C=O) groups excluding carboxylic acids is 1. The smallest absolute Gasteiger partial charge is 0.274 e. The Morgan fingerprint density at radius 2 is 1.91 bits per heavy atom. The number of likely N-dealkylation sites (tertiary alicyclic amines) is 1. The van der Waals surface area contributed by atoms with Gasteiger partial charge in [-0.05, 0) is 19.8 Å². The molecule has 0 aliphatic carbocycles. The molecule has 2 aromatic heterocycles. The Labute approximate surface area is 139 Å². The number of hydrogen-bond donors (Lipinski definition) is 0. The average Bonchev–Trinajstić information content (AvgIpc) is 3.23. The zero-order valence-electron chi connectivity index (χ0n) is 13.4. The molecule has 2 aromatic rings. The molecule has 0 unspecified atom stereocenters. The van der Waals surface area contributed by atoms with Crippen molar-refractivity contribution in [2.24, 2.45) is 0 Å². The van der Waals surface area contributed by atoms with Crippen LogP contribution in [0.1, 0.15) is 29.0 Å². The quantitative estimate of drug-likeness (QED) is 0.840. The normalized spacial score (nSPS) is 18.8. The fourth-order valence-electron chi connectivity index (χ4n) is 3.28. The van der Waals surface area contributed by atoms with Gasteiger partial charge in [-0.2, -0.15) is 16.9 Å². The fraction of sp³-hybridized carbons (Fsp3) is 0.562. The van der Waals surface area contributed by atoms with E-state index in [4.69, 9.17) is 4.98 Å². The van der Waals surface area contributed by atoms with Crippen molar-refractivity contribution in [2.45, 2.75) is 19.8 Å². The van der Waals surface area contributed by atoms with Gasteiger partial charge in [0.25, 0.3) is 5.91 Å². The Balaban J connectivity index is 1.73. The molecule has 7 heteroatoms. The summed E-state index contributed by atoms with van der Waals surface area (Å²) < 4.78 is 1.82. The Hall–Kier alpha value is -1.76. The molecule has 0 N–H and O–H groups in total. The van der Waals surface area contributed by atoms with E-state index >= 15 is 0 Å². The highest BCUT2D eigenvalue weighted by Crippen LogP contribution is 2.24. The van der Waals surface area contributed by atoms with Gasteiger partial charge in [0.15, 0.2) is 11.5 Å². The van der Waals surface area contributed by atoms with Gasteiger partial charge in [0.1, 0.15) is 5.52 Å². The summed E-state index contributed by atoms with van der Waals surface area (Å²) in [5.41, 5.74) is 2.39. The third kappa shape index (κ3) is 2.78. The molecule has 0 radical (unpaired) electrons. The number of rotatable bonds is 2. The summed E-state index contributed by atoms with van der Waals surface area (Å²) in [6.45, 7) is 5.67. The first-order chi connectivity index (χ1) is 11.2. The number of thioether (sulfide) groups is 1. The van der Waals surface area contributed by atoms with Crippen molar-refractivity contribution in [1.82, 2.24) is 19.5 Å². The third-order valence-corrected chi connectivity index (χ3v) is 5.42. The number of aryl methyl sites for hydroxylation is 1. The van der Waals surface area contributed by atoms with Crippen molar-refractivity contribution in [2.75, 3.05) is 42.6 Å². The maximum Gasteiger partial charge on any atom is 0.274 e. The molecule has 0 atom stereocenters. The molecular weight excluding hydrogens is 310 g/mol. The van der Waals surface area contributed by atoms with Gasteiger partial charge in [0.05, 0.1) is 11.9 Å².